The number of allylic oxidation sites excluding steroid dienone is 2. The van der Waals surface area contributed by atoms with Gasteiger partial charge in [-0.1, -0.05) is 12.2 Å². The quantitative estimate of drug-likeness (QED) is 0.290. The van der Waals surface area contributed by atoms with E-state index < -0.39 is 0 Å². The Labute approximate surface area is 155 Å². The first-order valence-electron chi connectivity index (χ1n) is 9.39. The molecule has 25 heavy (non-hydrogen) atoms. The normalized spacial score (nSPS) is 33.0. The molecule has 0 amide bonds. The van der Waals surface area contributed by atoms with E-state index in [1.807, 2.05) is 0 Å². The summed E-state index contributed by atoms with van der Waals surface area (Å²) < 4.78 is 16.4. The van der Waals surface area contributed by atoms with E-state index in [2.05, 4.69) is 16.9 Å². The predicted molar refractivity (Wildman–Crippen MR) is 96.4 cm³/mol. The topological polar surface area (TPSA) is 65.0 Å². The molecule has 144 valence electrons. The average Bonchev–Trinajstić information content (AvgIpc) is 2.92. The molecule has 1 aliphatic heterocycles. The summed E-state index contributed by atoms with van der Waals surface area (Å²) >= 11 is 6.54. The lowest BCUT2D eigenvalue weighted by atomic mass is 9.92. The highest BCUT2D eigenvalue weighted by Gasteiger charge is 2.43. The van der Waals surface area contributed by atoms with Crippen molar-refractivity contribution < 1.29 is 24.1 Å². The number of unbranched alkanes of at least 4 members (excludes halogenated alkanes) is 1. The van der Waals surface area contributed by atoms with Crippen LogP contribution in [-0.2, 0) is 19.0 Å². The first-order valence-corrected chi connectivity index (χ1v) is 9.83. The molecule has 0 aromatic rings. The fourth-order valence-electron chi connectivity index (χ4n) is 3.70. The van der Waals surface area contributed by atoms with E-state index in [1.165, 1.54) is 7.11 Å². The van der Waals surface area contributed by atoms with Gasteiger partial charge in [-0.25, -0.2) is 0 Å². The van der Waals surface area contributed by atoms with Crippen molar-refractivity contribution in [2.24, 2.45) is 11.8 Å². The third-order valence-corrected chi connectivity index (χ3v) is 5.68. The molecule has 0 aromatic carbocycles. The van der Waals surface area contributed by atoms with Gasteiger partial charge in [-0.15, -0.1) is 11.6 Å². The van der Waals surface area contributed by atoms with E-state index in [1.54, 1.807) is 0 Å². The maximum atomic E-state index is 11.1. The Morgan fingerprint density at radius 1 is 1.32 bits per heavy atom. The Kier molecular flexibility index (Phi) is 9.24. The maximum absolute atomic E-state index is 11.1. The third kappa shape index (κ3) is 6.55. The number of hydrogen-bond acceptors (Lipinski definition) is 5. The summed E-state index contributed by atoms with van der Waals surface area (Å²) in [6.07, 6.45) is 10.8. The molecule has 0 spiro atoms. The fourth-order valence-corrected chi connectivity index (χ4v) is 4.16. The smallest absolute Gasteiger partial charge is 0.305 e. The summed E-state index contributed by atoms with van der Waals surface area (Å²) in [7, 11) is 1.41. The van der Waals surface area contributed by atoms with Crippen LogP contribution in [0.25, 0.3) is 0 Å². The Hall–Kier alpha value is -0.620. The second-order valence-electron chi connectivity index (χ2n) is 6.91. The second-order valence-corrected chi connectivity index (χ2v) is 7.47. The van der Waals surface area contributed by atoms with Crippen molar-refractivity contribution in [2.75, 3.05) is 20.3 Å². The van der Waals surface area contributed by atoms with Crippen LogP contribution in [-0.4, -0.2) is 49.2 Å². The van der Waals surface area contributed by atoms with E-state index in [9.17, 15) is 9.90 Å². The van der Waals surface area contributed by atoms with Crippen LogP contribution < -0.4 is 0 Å². The van der Waals surface area contributed by atoms with Gasteiger partial charge in [-0.05, 0) is 50.9 Å². The Morgan fingerprint density at radius 2 is 2.16 bits per heavy atom. The van der Waals surface area contributed by atoms with Crippen LogP contribution in [0.1, 0.15) is 51.4 Å². The molecule has 6 heteroatoms. The standard InChI is InChI=1S/C19H31ClO5/c1-23-18(22)9-5-3-2-4-8-14-15(13-21)17(12-16(14)20)25-19-10-6-7-11-24-19/h2,4,14-17,19,21H,3,5-13H2,1H3/t14-,15-,16-,17-,19?/m1/s1. The van der Waals surface area contributed by atoms with Gasteiger partial charge in [0.1, 0.15) is 0 Å². The highest BCUT2D eigenvalue weighted by Crippen LogP contribution is 2.41. The van der Waals surface area contributed by atoms with Crippen molar-refractivity contribution in [3.63, 3.8) is 0 Å². The summed E-state index contributed by atoms with van der Waals surface area (Å²) in [5, 5.41) is 9.83. The average molecular weight is 375 g/mol. The van der Waals surface area contributed by atoms with Gasteiger partial charge in [0.25, 0.3) is 0 Å². The van der Waals surface area contributed by atoms with E-state index in [0.29, 0.717) is 6.42 Å². The van der Waals surface area contributed by atoms with Crippen LogP contribution in [0.15, 0.2) is 12.2 Å². The molecule has 1 N–H and O–H groups in total. The Balaban J connectivity index is 1.76. The van der Waals surface area contributed by atoms with E-state index in [-0.39, 0.29) is 42.2 Å². The molecule has 0 aromatic heterocycles. The highest BCUT2D eigenvalue weighted by atomic mass is 35.5. The minimum Gasteiger partial charge on any atom is -0.469 e. The van der Waals surface area contributed by atoms with Crippen LogP contribution in [0.2, 0.25) is 0 Å². The number of esters is 1. The lowest BCUT2D eigenvalue weighted by Gasteiger charge is -2.29. The number of aliphatic hydroxyl groups is 1. The van der Waals surface area contributed by atoms with Crippen LogP contribution >= 0.6 is 11.6 Å². The minimum absolute atomic E-state index is 0.00506. The van der Waals surface area contributed by atoms with Gasteiger partial charge in [-0.2, -0.15) is 0 Å². The Bertz CT molecular complexity index is 422. The zero-order valence-electron chi connectivity index (χ0n) is 15.1. The molecule has 1 aliphatic carbocycles. The number of carbonyl (C=O) groups is 1. The van der Waals surface area contributed by atoms with Gasteiger partial charge in [0, 0.05) is 30.9 Å². The molecule has 2 rings (SSSR count). The molecule has 1 heterocycles. The number of rotatable bonds is 9. The molecule has 1 saturated heterocycles. The molecule has 5 atom stereocenters. The van der Waals surface area contributed by atoms with Crippen molar-refractivity contribution in [1.82, 2.24) is 0 Å². The number of ether oxygens (including phenoxy) is 3. The summed E-state index contributed by atoms with van der Waals surface area (Å²) in [4.78, 5) is 11.1. The molecular weight excluding hydrogens is 344 g/mol. The first kappa shape index (κ1) is 20.7. The zero-order chi connectivity index (χ0) is 18.1. The Morgan fingerprint density at radius 3 is 2.84 bits per heavy atom. The van der Waals surface area contributed by atoms with Gasteiger partial charge in [0.2, 0.25) is 0 Å². The number of halogens is 1. The third-order valence-electron chi connectivity index (χ3n) is 5.18. The van der Waals surface area contributed by atoms with E-state index >= 15 is 0 Å². The van der Waals surface area contributed by atoms with Crippen LogP contribution in [0.5, 0.6) is 0 Å². The summed E-state index contributed by atoms with van der Waals surface area (Å²) in [6.45, 7) is 0.838. The molecular formula is C19H31ClO5. The number of alkyl halides is 1. The number of hydrogen-bond donors (Lipinski definition) is 1. The lowest BCUT2D eigenvalue weighted by molar-refractivity contribution is -0.197. The van der Waals surface area contributed by atoms with Crippen molar-refractivity contribution in [3.8, 4) is 0 Å². The molecule has 5 nitrogen and oxygen atoms in total. The lowest BCUT2D eigenvalue weighted by Crippen LogP contribution is -2.32. The SMILES string of the molecule is COC(=O)CCCC=CC[C@@H]1[C@@H](CO)[C@H](OC2CCCCO2)C[C@H]1Cl. The van der Waals surface area contributed by atoms with Crippen LogP contribution in [0.3, 0.4) is 0 Å². The number of aliphatic hydroxyl groups excluding tert-OH is 1. The van der Waals surface area contributed by atoms with Crippen molar-refractivity contribution in [1.29, 1.82) is 0 Å². The van der Waals surface area contributed by atoms with Crippen molar-refractivity contribution in [3.05, 3.63) is 12.2 Å². The second kappa shape index (κ2) is 11.2. The van der Waals surface area contributed by atoms with Crippen LogP contribution in [0.4, 0.5) is 0 Å². The molecule has 0 bridgehead atoms. The molecule has 1 unspecified atom stereocenters. The zero-order valence-corrected chi connectivity index (χ0v) is 15.8. The van der Waals surface area contributed by atoms with E-state index in [4.69, 9.17) is 21.1 Å². The van der Waals surface area contributed by atoms with E-state index in [0.717, 1.165) is 51.6 Å². The molecule has 2 aliphatic rings. The molecule has 2 fully saturated rings. The predicted octanol–water partition coefficient (Wildman–Crippen LogP) is 3.42. The van der Waals surface area contributed by atoms with Crippen molar-refractivity contribution in [2.45, 2.75) is 69.1 Å². The minimum atomic E-state index is -0.171. The van der Waals surface area contributed by atoms with Crippen LogP contribution in [0, 0.1) is 11.8 Å². The summed E-state index contributed by atoms with van der Waals surface area (Å²) in [5.74, 6) is 0.0835. The molecule has 0 radical (unpaired) electrons. The highest BCUT2D eigenvalue weighted by molar-refractivity contribution is 6.21. The van der Waals surface area contributed by atoms with Gasteiger partial charge in [0.15, 0.2) is 6.29 Å². The number of methoxy groups -OCH3 is 1. The largest absolute Gasteiger partial charge is 0.469 e. The van der Waals surface area contributed by atoms with Gasteiger partial charge in [-0.3, -0.25) is 4.79 Å². The number of carbonyl (C=O) groups excluding carboxylic acids is 1. The fraction of sp³-hybridized carbons (Fsp3) is 0.842. The monoisotopic (exact) mass is 374 g/mol. The summed E-state index contributed by atoms with van der Waals surface area (Å²) in [6, 6.07) is 0. The van der Waals surface area contributed by atoms with Crippen molar-refractivity contribution >= 4 is 17.6 Å². The maximum Gasteiger partial charge on any atom is 0.305 e. The first-order chi connectivity index (χ1) is 12.2. The van der Waals surface area contributed by atoms with Gasteiger partial charge >= 0.3 is 5.97 Å². The molecule has 1 saturated carbocycles. The van der Waals surface area contributed by atoms with Gasteiger partial charge < -0.3 is 19.3 Å². The van der Waals surface area contributed by atoms with Gasteiger partial charge in [0.05, 0.1) is 13.2 Å². The summed E-state index contributed by atoms with van der Waals surface area (Å²) in [5.41, 5.74) is 0.